The Morgan fingerprint density at radius 2 is 0.625 bits per heavy atom. The van der Waals surface area contributed by atoms with Crippen molar-refractivity contribution in [1.29, 1.82) is 0 Å². The zero-order valence-electron chi connectivity index (χ0n) is 34.5. The fourth-order valence-electron chi connectivity index (χ4n) is 3.97. The fourth-order valence-corrected chi connectivity index (χ4v) is 3.97. The van der Waals surface area contributed by atoms with Gasteiger partial charge in [0.05, 0.1) is 106 Å². The number of halogens is 10. The molecular weight excluding hydrogens is 914 g/mol. The summed E-state index contributed by atoms with van der Waals surface area (Å²) in [4.78, 5) is 0. The van der Waals surface area contributed by atoms with Crippen molar-refractivity contribution in [2.45, 2.75) is 61.2 Å². The maximum absolute atomic E-state index is 13.8. The summed E-state index contributed by atoms with van der Waals surface area (Å²) < 4.78 is 200. The molecule has 0 radical (unpaired) electrons. The van der Waals surface area contributed by atoms with Gasteiger partial charge in [-0.3, -0.25) is 4.74 Å². The maximum Gasteiger partial charge on any atom is 0.495 e. The Hall–Kier alpha value is -1.98. The summed E-state index contributed by atoms with van der Waals surface area (Å²) in [6.07, 6.45) is -27.8. The van der Waals surface area contributed by atoms with E-state index in [9.17, 15) is 69.4 Å². The lowest BCUT2D eigenvalue weighted by Crippen LogP contribution is -2.44. The normalized spacial score (nSPS) is 15.5. The molecule has 64 heavy (non-hydrogen) atoms. The van der Waals surface area contributed by atoms with E-state index < -0.39 is 147 Å². The van der Waals surface area contributed by atoms with Gasteiger partial charge in [-0.05, 0) is 0 Å². The van der Waals surface area contributed by atoms with Crippen LogP contribution in [0.5, 0.6) is 0 Å². The number of rotatable bonds is 46. The molecule has 0 bridgehead atoms. The van der Waals surface area contributed by atoms with Crippen LogP contribution in [0.2, 0.25) is 0 Å². The smallest absolute Gasteiger partial charge is 0.388 e. The highest BCUT2D eigenvalue weighted by Gasteiger charge is 2.52. The van der Waals surface area contributed by atoms with Crippen LogP contribution in [-0.4, -0.2) is 226 Å². The van der Waals surface area contributed by atoms with Crippen molar-refractivity contribution >= 4 is 0 Å². The third kappa shape index (κ3) is 38.2. The van der Waals surface area contributed by atoms with Crippen LogP contribution in [0.4, 0.5) is 43.9 Å². The van der Waals surface area contributed by atoms with Crippen molar-refractivity contribution in [3.63, 3.8) is 0 Å². The van der Waals surface area contributed by atoms with Crippen LogP contribution in [0, 0.1) is 0 Å². The summed E-state index contributed by atoms with van der Waals surface area (Å²) in [6.45, 7) is -6.65. The van der Waals surface area contributed by atoms with E-state index in [4.69, 9.17) is 33.2 Å². The minimum absolute atomic E-state index is 0.0844. The third-order valence-corrected chi connectivity index (χ3v) is 6.40. The van der Waals surface area contributed by atoms with E-state index in [2.05, 4.69) is 46.3 Å². The maximum atomic E-state index is 13.8. The minimum atomic E-state index is -5.55. The predicted octanol–water partition coefficient (Wildman–Crippen LogP) is 1.27. The molecule has 19 nitrogen and oxygen atoms in total. The number of aliphatic hydroxyl groups excluding tert-OH is 5. The number of alkyl halides is 10. The Labute approximate surface area is 361 Å². The molecule has 0 rings (SSSR count). The Morgan fingerprint density at radius 1 is 0.344 bits per heavy atom. The van der Waals surface area contributed by atoms with Gasteiger partial charge in [0.2, 0.25) is 0 Å². The molecule has 0 spiro atoms. The predicted molar refractivity (Wildman–Crippen MR) is 193 cm³/mol. The van der Waals surface area contributed by atoms with Gasteiger partial charge in [-0.2, -0.15) is 35.1 Å². The van der Waals surface area contributed by atoms with E-state index in [1.54, 1.807) is 0 Å². The molecule has 0 aromatic rings. The number of ether oxygens (including phenoxy) is 14. The average Bonchev–Trinajstić information content (AvgIpc) is 3.15. The summed E-state index contributed by atoms with van der Waals surface area (Å²) in [5, 5.41) is 48.3. The van der Waals surface area contributed by atoms with E-state index in [0.717, 1.165) is 0 Å². The molecule has 5 N–H and O–H groups in total. The van der Waals surface area contributed by atoms with Gasteiger partial charge in [0.15, 0.2) is 0 Å². The van der Waals surface area contributed by atoms with Crippen molar-refractivity contribution in [2.24, 2.45) is 0 Å². The molecule has 5 unspecified atom stereocenters. The second kappa shape index (κ2) is 34.3. The molecule has 0 aliphatic heterocycles. The molecule has 5 atom stereocenters. The largest absolute Gasteiger partial charge is 0.495 e. The Bertz CT molecular complexity index is 1170. The van der Waals surface area contributed by atoms with Gasteiger partial charge >= 0.3 is 30.7 Å². The second-order valence-electron chi connectivity index (χ2n) is 12.9. The quantitative estimate of drug-likeness (QED) is 0.0250. The Kier molecular flexibility index (Phi) is 33.3. The van der Waals surface area contributed by atoms with Gasteiger partial charge in [-0.15, -0.1) is 21.9 Å². The zero-order chi connectivity index (χ0) is 48.5. The van der Waals surface area contributed by atoms with Crippen LogP contribution < -0.4 is 0 Å². The molecule has 382 valence electrons. The first-order chi connectivity index (χ1) is 29.9. The molecule has 0 saturated carbocycles. The van der Waals surface area contributed by atoms with Crippen LogP contribution in [0.15, 0.2) is 25.3 Å². The van der Waals surface area contributed by atoms with E-state index >= 15 is 0 Å². The molecule has 0 saturated heterocycles. The lowest BCUT2D eigenvalue weighted by molar-refractivity contribution is -0.518. The number of hydrogen-bond acceptors (Lipinski definition) is 19. The highest BCUT2D eigenvalue weighted by atomic mass is 19.3. The van der Waals surface area contributed by atoms with Gasteiger partial charge in [0.25, 0.3) is 0 Å². The van der Waals surface area contributed by atoms with Gasteiger partial charge in [0.1, 0.15) is 63.7 Å². The van der Waals surface area contributed by atoms with E-state index in [-0.39, 0.29) is 52.9 Å². The second-order valence-corrected chi connectivity index (χ2v) is 12.9. The van der Waals surface area contributed by atoms with Gasteiger partial charge in [-0.25, -0.2) is 9.47 Å². The molecule has 0 aliphatic carbocycles. The summed E-state index contributed by atoms with van der Waals surface area (Å²) in [7, 11) is 0. The zero-order valence-corrected chi connectivity index (χ0v) is 34.5. The first kappa shape index (κ1) is 62.0. The topological polar surface area (TPSA) is 230 Å². The third-order valence-electron chi connectivity index (χ3n) is 6.40. The number of hydrogen-bond donors (Lipinski definition) is 5. The highest BCUT2D eigenvalue weighted by molar-refractivity contribution is 4.66. The van der Waals surface area contributed by atoms with Crippen molar-refractivity contribution in [2.75, 3.05) is 139 Å². The van der Waals surface area contributed by atoms with Crippen LogP contribution in [0.25, 0.3) is 0 Å². The lowest BCUT2D eigenvalue weighted by Gasteiger charge is -2.26. The standard InChI is InChI=1S/C35H58F10O19/c1-3-5-51-11-27(47)15-57-17-29(49)19-59-22-31(36,37)62-32(38,39)24-61-25-56-10-8-54-14-26(46)13-53-7-9-55-21-33(40,41)63-35(44,45)64-34(42,43)23-60-20-30(50)18-58-16-28(48)12-52-6-4-2/h3-4,26-30,46-50H,1-2,5-25H2. The van der Waals surface area contributed by atoms with Crippen molar-refractivity contribution in [1.82, 2.24) is 0 Å². The SMILES string of the molecule is C=CCOCC(O)COCC(O)COCC(F)(F)OC(F)(F)COCOCCOCC(O)COCCOCC(F)(F)OC(F)(F)OC(F)(F)COCC(O)COCC(O)COCC=C. The summed E-state index contributed by atoms with van der Waals surface area (Å²) in [6, 6.07) is 0. The van der Waals surface area contributed by atoms with E-state index in [1.165, 1.54) is 12.2 Å². The molecule has 29 heteroatoms. The molecule has 0 aromatic heterocycles. The molecular formula is C35H58F10O19. The van der Waals surface area contributed by atoms with Crippen molar-refractivity contribution in [3.05, 3.63) is 25.3 Å². The highest BCUT2D eigenvalue weighted by Crippen LogP contribution is 2.34. The monoisotopic (exact) mass is 972 g/mol. The first-order valence-electron chi connectivity index (χ1n) is 18.9. The Morgan fingerprint density at radius 3 is 1.02 bits per heavy atom. The molecule has 0 amide bonds. The van der Waals surface area contributed by atoms with Crippen LogP contribution in [-0.2, 0) is 66.3 Å². The summed E-state index contributed by atoms with van der Waals surface area (Å²) in [5.74, 6) is 0. The van der Waals surface area contributed by atoms with E-state index in [1.807, 2.05) is 0 Å². The molecule has 0 aromatic carbocycles. The molecule has 0 fully saturated rings. The van der Waals surface area contributed by atoms with Crippen molar-refractivity contribution < 1.29 is 136 Å². The minimum Gasteiger partial charge on any atom is -0.388 e. The van der Waals surface area contributed by atoms with Crippen molar-refractivity contribution in [3.8, 4) is 0 Å². The lowest BCUT2D eigenvalue weighted by atomic mass is 10.4. The van der Waals surface area contributed by atoms with Crippen LogP contribution >= 0.6 is 0 Å². The van der Waals surface area contributed by atoms with Gasteiger partial charge < -0.3 is 77.6 Å². The van der Waals surface area contributed by atoms with Gasteiger partial charge in [0, 0.05) is 0 Å². The van der Waals surface area contributed by atoms with Gasteiger partial charge in [-0.1, -0.05) is 12.2 Å². The fraction of sp³-hybridized carbons (Fsp3) is 0.886. The average molecular weight is 973 g/mol. The molecule has 0 heterocycles. The summed E-state index contributed by atoms with van der Waals surface area (Å²) >= 11 is 0. The van der Waals surface area contributed by atoms with Crippen LogP contribution in [0.3, 0.4) is 0 Å². The van der Waals surface area contributed by atoms with Crippen LogP contribution in [0.1, 0.15) is 0 Å². The first-order valence-corrected chi connectivity index (χ1v) is 18.9. The Balaban J connectivity index is 4.06. The van der Waals surface area contributed by atoms with E-state index in [0.29, 0.717) is 0 Å². The number of aliphatic hydroxyl groups is 5. The molecule has 0 aliphatic rings. The summed E-state index contributed by atoms with van der Waals surface area (Å²) in [5.41, 5.74) is 0.